The van der Waals surface area contributed by atoms with Gasteiger partial charge in [-0.15, -0.1) is 0 Å². The maximum atomic E-state index is 12.2. The van der Waals surface area contributed by atoms with Crippen molar-refractivity contribution in [3.8, 4) is 0 Å². The van der Waals surface area contributed by atoms with E-state index in [1.54, 1.807) is 6.07 Å². The topological polar surface area (TPSA) is 65.9 Å². The minimum atomic E-state index is -0.656. The van der Waals surface area contributed by atoms with Crippen molar-refractivity contribution in [3.05, 3.63) is 59.7 Å². The van der Waals surface area contributed by atoms with E-state index in [4.69, 9.17) is 0 Å². The first-order chi connectivity index (χ1) is 12.8. The molecular weight excluding hydrogens is 340 g/mol. The molecule has 0 spiro atoms. The lowest BCUT2D eigenvalue weighted by molar-refractivity contribution is -0.890. The number of nitrogens with one attached hydrogen (secondary N) is 3. The van der Waals surface area contributed by atoms with Crippen LogP contribution in [0.3, 0.4) is 0 Å². The molecule has 0 saturated heterocycles. The predicted octanol–water partition coefficient (Wildman–Crippen LogP) is 1.00. The summed E-state index contributed by atoms with van der Waals surface area (Å²) in [6, 6.07) is 15.6. The van der Waals surface area contributed by atoms with Gasteiger partial charge in [0.2, 0.25) is 0 Å². The number of amides is 2. The maximum absolute atomic E-state index is 12.2. The molecule has 2 aromatic carbocycles. The van der Waals surface area contributed by atoms with Crippen molar-refractivity contribution in [2.75, 3.05) is 45.0 Å². The minimum absolute atomic E-state index is 0.0527. The lowest BCUT2D eigenvalue weighted by Crippen LogP contribution is -3.07. The van der Waals surface area contributed by atoms with Crippen molar-refractivity contribution in [1.29, 1.82) is 0 Å². The number of carbonyl (C=O) groups is 2. The van der Waals surface area contributed by atoms with Gasteiger partial charge in [-0.1, -0.05) is 24.3 Å². The molecule has 3 N–H and O–H groups in total. The van der Waals surface area contributed by atoms with Crippen LogP contribution in [-0.2, 0) is 9.59 Å². The van der Waals surface area contributed by atoms with Crippen molar-refractivity contribution >= 4 is 23.2 Å². The second-order valence-electron chi connectivity index (χ2n) is 7.15. The van der Waals surface area contributed by atoms with Gasteiger partial charge in [0.05, 0.1) is 20.6 Å². The summed E-state index contributed by atoms with van der Waals surface area (Å²) in [4.78, 5) is 27.5. The molecule has 0 heterocycles. The van der Waals surface area contributed by atoms with Crippen molar-refractivity contribution < 1.29 is 14.5 Å². The Morgan fingerprint density at radius 3 is 2.26 bits per heavy atom. The Labute approximate surface area is 161 Å². The molecule has 0 unspecified atom stereocenters. The number of quaternary nitrogens is 1. The fourth-order valence-corrected chi connectivity index (χ4v) is 2.85. The third kappa shape index (κ3) is 5.82. The van der Waals surface area contributed by atoms with E-state index in [0.717, 1.165) is 16.8 Å². The number of hydrogen-bond donors (Lipinski definition) is 3. The van der Waals surface area contributed by atoms with Gasteiger partial charge < -0.3 is 20.4 Å². The molecule has 2 aromatic rings. The van der Waals surface area contributed by atoms with Crippen LogP contribution in [0.1, 0.15) is 17.2 Å². The molecule has 2 amide bonds. The van der Waals surface area contributed by atoms with Crippen LogP contribution in [0.15, 0.2) is 48.5 Å². The van der Waals surface area contributed by atoms with Crippen molar-refractivity contribution in [3.63, 3.8) is 0 Å². The molecule has 0 aromatic heterocycles. The monoisotopic (exact) mass is 369 g/mol. The van der Waals surface area contributed by atoms with Gasteiger partial charge in [-0.25, -0.2) is 0 Å². The molecule has 2 rings (SSSR count). The summed E-state index contributed by atoms with van der Waals surface area (Å²) in [5.41, 5.74) is 3.86. The van der Waals surface area contributed by atoms with Gasteiger partial charge in [-0.05, 0) is 36.8 Å². The van der Waals surface area contributed by atoms with E-state index < -0.39 is 11.8 Å². The van der Waals surface area contributed by atoms with Crippen LogP contribution in [0, 0.1) is 6.92 Å². The van der Waals surface area contributed by atoms with Crippen LogP contribution in [0.2, 0.25) is 0 Å². The molecule has 6 nitrogen and oxygen atoms in total. The summed E-state index contributed by atoms with van der Waals surface area (Å²) in [5, 5.41) is 5.38. The SMILES string of the molecule is Cc1cccc(NC(=O)C(=O)NC[C@@H](c2ccc(N(C)C)cc2)[NH+](C)C)c1. The number of nitrogens with zero attached hydrogens (tertiary/aromatic N) is 1. The molecule has 0 saturated carbocycles. The summed E-state index contributed by atoms with van der Waals surface area (Å²) in [5.74, 6) is -1.29. The second-order valence-corrected chi connectivity index (χ2v) is 7.15. The summed E-state index contributed by atoms with van der Waals surface area (Å²) in [6.07, 6.45) is 0. The maximum Gasteiger partial charge on any atom is 0.313 e. The van der Waals surface area contributed by atoms with E-state index in [-0.39, 0.29) is 6.04 Å². The number of rotatable bonds is 6. The number of hydrogen-bond acceptors (Lipinski definition) is 3. The number of benzene rings is 2. The number of likely N-dealkylation sites (N-methyl/N-ethyl adjacent to an activating group) is 1. The summed E-state index contributed by atoms with van der Waals surface area (Å²) < 4.78 is 0. The zero-order valence-electron chi connectivity index (χ0n) is 16.7. The average molecular weight is 369 g/mol. The van der Waals surface area contributed by atoms with E-state index in [1.807, 2.05) is 58.2 Å². The summed E-state index contributed by atoms with van der Waals surface area (Å²) in [7, 11) is 8.06. The quantitative estimate of drug-likeness (QED) is 0.666. The largest absolute Gasteiger partial charge is 0.378 e. The third-order valence-electron chi connectivity index (χ3n) is 4.46. The van der Waals surface area contributed by atoms with Gasteiger partial charge in [-0.2, -0.15) is 0 Å². The fourth-order valence-electron chi connectivity index (χ4n) is 2.85. The standard InChI is InChI=1S/C21H28N4O2/c1-15-7-6-8-17(13-15)23-21(27)20(26)22-14-19(25(4)5)16-9-11-18(12-10-16)24(2)3/h6-13,19H,14H2,1-5H3,(H,22,26)(H,23,27)/p+1/t19-/m0/s1. The molecule has 144 valence electrons. The van der Waals surface area contributed by atoms with Gasteiger partial charge >= 0.3 is 11.8 Å². The van der Waals surface area contributed by atoms with Gasteiger partial charge in [0.25, 0.3) is 0 Å². The van der Waals surface area contributed by atoms with Gasteiger partial charge in [0, 0.05) is 31.0 Å². The summed E-state index contributed by atoms with van der Waals surface area (Å²) >= 11 is 0. The molecule has 0 aliphatic heterocycles. The molecular formula is C21H29N4O2+. The molecule has 0 fully saturated rings. The Morgan fingerprint density at radius 1 is 1.04 bits per heavy atom. The number of aryl methyl sites for hydroxylation is 1. The predicted molar refractivity (Wildman–Crippen MR) is 109 cm³/mol. The first-order valence-corrected chi connectivity index (χ1v) is 9.01. The Kier molecular flexibility index (Phi) is 6.96. The Balaban J connectivity index is 1.98. The van der Waals surface area contributed by atoms with Crippen LogP contribution in [0.4, 0.5) is 11.4 Å². The van der Waals surface area contributed by atoms with Crippen molar-refractivity contribution in [1.82, 2.24) is 5.32 Å². The van der Waals surface area contributed by atoms with Crippen LogP contribution in [-0.4, -0.2) is 46.5 Å². The van der Waals surface area contributed by atoms with E-state index in [0.29, 0.717) is 12.2 Å². The van der Waals surface area contributed by atoms with Gasteiger partial charge in [0.1, 0.15) is 6.04 Å². The molecule has 0 aliphatic rings. The first-order valence-electron chi connectivity index (χ1n) is 9.01. The average Bonchev–Trinajstić information content (AvgIpc) is 2.61. The second kappa shape index (κ2) is 9.19. The molecule has 0 radical (unpaired) electrons. The molecule has 6 heteroatoms. The van der Waals surface area contributed by atoms with Crippen LogP contribution < -0.4 is 20.4 Å². The molecule has 1 atom stereocenters. The zero-order valence-corrected chi connectivity index (χ0v) is 16.7. The van der Waals surface area contributed by atoms with E-state index in [1.165, 1.54) is 4.90 Å². The van der Waals surface area contributed by atoms with Crippen LogP contribution in [0.5, 0.6) is 0 Å². The van der Waals surface area contributed by atoms with E-state index >= 15 is 0 Å². The Hall–Kier alpha value is -2.86. The van der Waals surface area contributed by atoms with E-state index in [9.17, 15) is 9.59 Å². The van der Waals surface area contributed by atoms with Crippen molar-refractivity contribution in [2.24, 2.45) is 0 Å². The smallest absolute Gasteiger partial charge is 0.313 e. The molecule has 0 aliphatic carbocycles. The lowest BCUT2D eigenvalue weighted by Gasteiger charge is -2.23. The van der Waals surface area contributed by atoms with Gasteiger partial charge in [-0.3, -0.25) is 9.59 Å². The normalized spacial score (nSPS) is 11.8. The minimum Gasteiger partial charge on any atom is -0.378 e. The van der Waals surface area contributed by atoms with Crippen molar-refractivity contribution in [2.45, 2.75) is 13.0 Å². The first kappa shape index (κ1) is 20.5. The number of carbonyl (C=O) groups excluding carboxylic acids is 2. The fraction of sp³-hybridized carbons (Fsp3) is 0.333. The molecule has 0 bridgehead atoms. The van der Waals surface area contributed by atoms with E-state index in [2.05, 4.69) is 34.9 Å². The van der Waals surface area contributed by atoms with Gasteiger partial charge in [0.15, 0.2) is 0 Å². The molecule has 27 heavy (non-hydrogen) atoms. The lowest BCUT2D eigenvalue weighted by atomic mass is 10.1. The highest BCUT2D eigenvalue weighted by molar-refractivity contribution is 6.39. The Morgan fingerprint density at radius 2 is 1.70 bits per heavy atom. The zero-order chi connectivity index (χ0) is 20.0. The number of anilines is 2. The van der Waals surface area contributed by atoms with Crippen LogP contribution >= 0.6 is 0 Å². The van der Waals surface area contributed by atoms with Crippen LogP contribution in [0.25, 0.3) is 0 Å². The highest BCUT2D eigenvalue weighted by Gasteiger charge is 2.21. The highest BCUT2D eigenvalue weighted by atomic mass is 16.2. The Bertz CT molecular complexity index is 785. The third-order valence-corrected chi connectivity index (χ3v) is 4.46. The summed E-state index contributed by atoms with van der Waals surface area (Å²) in [6.45, 7) is 2.31. The highest BCUT2D eigenvalue weighted by Crippen LogP contribution is 2.16.